The zero-order valence-corrected chi connectivity index (χ0v) is 14.7. The normalized spacial score (nSPS) is 12.0. The summed E-state index contributed by atoms with van der Waals surface area (Å²) in [7, 11) is 3.81. The van der Waals surface area contributed by atoms with Crippen LogP contribution in [0.2, 0.25) is 0 Å². The van der Waals surface area contributed by atoms with Crippen molar-refractivity contribution in [1.82, 2.24) is 0 Å². The van der Waals surface area contributed by atoms with Gasteiger partial charge < -0.3 is 4.90 Å². The number of hydrogen-bond acceptors (Lipinski definition) is 1. The van der Waals surface area contributed by atoms with Crippen LogP contribution in [0.5, 0.6) is 0 Å². The Bertz CT molecular complexity index is 670. The molecule has 0 saturated heterocycles. The monoisotopic (exact) mass is 329 g/mol. The van der Waals surface area contributed by atoms with Gasteiger partial charge >= 0.3 is 0 Å². The Balaban J connectivity index is 2.15. The van der Waals surface area contributed by atoms with Crippen LogP contribution in [-0.2, 0) is 6.42 Å². The number of nitrogens with zero attached hydrogens (tertiary/aromatic N) is 1. The van der Waals surface area contributed by atoms with Crippen LogP contribution in [0.4, 0.5) is 14.5 Å². The van der Waals surface area contributed by atoms with Crippen LogP contribution in [0.1, 0.15) is 42.9 Å². The van der Waals surface area contributed by atoms with E-state index in [0.717, 1.165) is 24.1 Å². The molecule has 2 aromatic rings. The highest BCUT2D eigenvalue weighted by Crippen LogP contribution is 2.30. The van der Waals surface area contributed by atoms with Crippen molar-refractivity contribution in [3.05, 3.63) is 65.2 Å². The molecule has 0 aliphatic heterocycles. The summed E-state index contributed by atoms with van der Waals surface area (Å²) in [6, 6.07) is 13.8. The summed E-state index contributed by atoms with van der Waals surface area (Å²) in [5, 5.41) is 0. The zero-order valence-electron chi connectivity index (χ0n) is 14.7. The molecule has 24 heavy (non-hydrogen) atoms. The largest absolute Gasteiger partial charge is 0.378 e. The molecule has 0 saturated carbocycles. The summed E-state index contributed by atoms with van der Waals surface area (Å²) in [5.74, 6) is -1.63. The molecule has 0 unspecified atom stereocenters. The molecule has 0 atom stereocenters. The Morgan fingerprint density at radius 3 is 1.75 bits per heavy atom. The Hall–Kier alpha value is -2.16. The van der Waals surface area contributed by atoms with Gasteiger partial charge in [0.05, 0.1) is 0 Å². The number of aryl methyl sites for hydroxylation is 1. The highest BCUT2D eigenvalue weighted by molar-refractivity contribution is 5.83. The number of halogens is 2. The topological polar surface area (TPSA) is 3.24 Å². The summed E-state index contributed by atoms with van der Waals surface area (Å²) >= 11 is 0. The Labute approximate surface area is 143 Å². The molecule has 0 aliphatic rings. The van der Waals surface area contributed by atoms with Gasteiger partial charge in [-0.15, -0.1) is 0 Å². The molecule has 2 aromatic carbocycles. The SMILES string of the molecule is CCCCCc1ccc(/C(F)=C(\F)c2ccc(N(C)C)cc2)cc1. The van der Waals surface area contributed by atoms with Gasteiger partial charge in [0, 0.05) is 30.9 Å². The van der Waals surface area contributed by atoms with Crippen LogP contribution < -0.4 is 4.90 Å². The first-order chi connectivity index (χ1) is 11.5. The average Bonchev–Trinajstić information content (AvgIpc) is 2.61. The molecule has 0 fully saturated rings. The molecule has 3 heteroatoms. The first-order valence-electron chi connectivity index (χ1n) is 8.45. The minimum atomic E-state index is -0.820. The van der Waals surface area contributed by atoms with Gasteiger partial charge in [-0.05, 0) is 42.7 Å². The van der Waals surface area contributed by atoms with Crippen LogP contribution in [0.15, 0.2) is 48.5 Å². The molecule has 1 nitrogen and oxygen atoms in total. The molecule has 0 aromatic heterocycles. The van der Waals surface area contributed by atoms with Gasteiger partial charge in [-0.1, -0.05) is 44.0 Å². The molecule has 0 spiro atoms. The summed E-state index contributed by atoms with van der Waals surface area (Å²) in [4.78, 5) is 1.92. The minimum Gasteiger partial charge on any atom is -0.378 e. The maximum absolute atomic E-state index is 14.4. The fourth-order valence-electron chi connectivity index (χ4n) is 2.56. The van der Waals surface area contributed by atoms with E-state index in [2.05, 4.69) is 6.92 Å². The Morgan fingerprint density at radius 1 is 0.792 bits per heavy atom. The molecule has 0 N–H and O–H groups in total. The van der Waals surface area contributed by atoms with Crippen LogP contribution in [0.3, 0.4) is 0 Å². The molecule has 0 heterocycles. The maximum Gasteiger partial charge on any atom is 0.166 e. The number of anilines is 1. The second kappa shape index (κ2) is 8.62. The third kappa shape index (κ3) is 4.67. The van der Waals surface area contributed by atoms with Crippen molar-refractivity contribution in [3.63, 3.8) is 0 Å². The van der Waals surface area contributed by atoms with Crippen molar-refractivity contribution in [1.29, 1.82) is 0 Å². The second-order valence-corrected chi connectivity index (χ2v) is 6.22. The number of benzene rings is 2. The lowest BCUT2D eigenvalue weighted by Crippen LogP contribution is -2.08. The summed E-state index contributed by atoms with van der Waals surface area (Å²) in [6.07, 6.45) is 4.47. The van der Waals surface area contributed by atoms with Crippen molar-refractivity contribution in [2.24, 2.45) is 0 Å². The van der Waals surface area contributed by atoms with Crippen LogP contribution in [0.25, 0.3) is 11.7 Å². The Morgan fingerprint density at radius 2 is 1.29 bits per heavy atom. The molecule has 2 rings (SSSR count). The van der Waals surface area contributed by atoms with E-state index in [-0.39, 0.29) is 11.1 Å². The third-order valence-corrected chi connectivity index (χ3v) is 4.11. The first-order valence-corrected chi connectivity index (χ1v) is 8.45. The first kappa shape index (κ1) is 18.2. The summed E-state index contributed by atoms with van der Waals surface area (Å²) in [6.45, 7) is 2.16. The fourth-order valence-corrected chi connectivity index (χ4v) is 2.56. The number of unbranched alkanes of at least 4 members (excludes halogenated alkanes) is 2. The van der Waals surface area contributed by atoms with E-state index in [1.807, 2.05) is 31.1 Å². The third-order valence-electron chi connectivity index (χ3n) is 4.11. The molecule has 0 bridgehead atoms. The lowest BCUT2D eigenvalue weighted by atomic mass is 10.0. The number of hydrogen-bond donors (Lipinski definition) is 0. The van der Waals surface area contributed by atoms with Crippen molar-refractivity contribution in [3.8, 4) is 0 Å². The van der Waals surface area contributed by atoms with E-state index >= 15 is 0 Å². The van der Waals surface area contributed by atoms with Crippen molar-refractivity contribution >= 4 is 17.3 Å². The average molecular weight is 329 g/mol. The highest BCUT2D eigenvalue weighted by Gasteiger charge is 2.11. The van der Waals surface area contributed by atoms with E-state index in [1.165, 1.54) is 12.8 Å². The smallest absolute Gasteiger partial charge is 0.166 e. The molecule has 0 aliphatic carbocycles. The van der Waals surface area contributed by atoms with E-state index < -0.39 is 11.7 Å². The van der Waals surface area contributed by atoms with Gasteiger partial charge in [-0.25, -0.2) is 8.78 Å². The van der Waals surface area contributed by atoms with Gasteiger partial charge in [0.2, 0.25) is 0 Å². The Kier molecular flexibility index (Phi) is 6.53. The molecular formula is C21H25F2N. The molecule has 0 amide bonds. The van der Waals surface area contributed by atoms with Gasteiger partial charge in [0.1, 0.15) is 0 Å². The van der Waals surface area contributed by atoms with E-state index in [0.29, 0.717) is 0 Å². The van der Waals surface area contributed by atoms with Gasteiger partial charge in [-0.3, -0.25) is 0 Å². The van der Waals surface area contributed by atoms with E-state index in [1.54, 1.807) is 36.4 Å². The predicted octanol–water partition coefficient (Wildman–Crippen LogP) is 6.25. The molecular weight excluding hydrogens is 304 g/mol. The minimum absolute atomic E-state index is 0.255. The van der Waals surface area contributed by atoms with Gasteiger partial charge in [0.25, 0.3) is 0 Å². The van der Waals surface area contributed by atoms with Crippen LogP contribution in [-0.4, -0.2) is 14.1 Å². The number of rotatable bonds is 7. The van der Waals surface area contributed by atoms with Crippen LogP contribution >= 0.6 is 0 Å². The van der Waals surface area contributed by atoms with Crippen molar-refractivity contribution in [2.75, 3.05) is 19.0 Å². The lowest BCUT2D eigenvalue weighted by molar-refractivity contribution is 0.699. The second-order valence-electron chi connectivity index (χ2n) is 6.22. The molecule has 0 radical (unpaired) electrons. The van der Waals surface area contributed by atoms with Crippen molar-refractivity contribution < 1.29 is 8.78 Å². The summed E-state index contributed by atoms with van der Waals surface area (Å²) < 4.78 is 28.8. The summed E-state index contributed by atoms with van der Waals surface area (Å²) in [5.41, 5.74) is 2.65. The van der Waals surface area contributed by atoms with Gasteiger partial charge in [0.15, 0.2) is 11.7 Å². The molecule has 128 valence electrons. The fraction of sp³-hybridized carbons (Fsp3) is 0.333. The quantitative estimate of drug-likeness (QED) is 0.428. The van der Waals surface area contributed by atoms with E-state index in [4.69, 9.17) is 0 Å². The zero-order chi connectivity index (χ0) is 17.5. The van der Waals surface area contributed by atoms with Crippen molar-refractivity contribution in [2.45, 2.75) is 32.6 Å². The van der Waals surface area contributed by atoms with Gasteiger partial charge in [-0.2, -0.15) is 0 Å². The predicted molar refractivity (Wildman–Crippen MR) is 99.5 cm³/mol. The standard InChI is InChI=1S/C21H25F2N/c1-4-5-6-7-16-8-10-17(11-9-16)20(22)21(23)18-12-14-19(15-13-18)24(2)3/h8-15H,4-7H2,1-3H3/b21-20+. The van der Waals surface area contributed by atoms with Crippen LogP contribution in [0, 0.1) is 0 Å². The maximum atomic E-state index is 14.4. The highest BCUT2D eigenvalue weighted by atomic mass is 19.2. The lowest BCUT2D eigenvalue weighted by Gasteiger charge is -2.12. The van der Waals surface area contributed by atoms with E-state index in [9.17, 15) is 8.78 Å².